The van der Waals surface area contributed by atoms with E-state index in [0.29, 0.717) is 5.88 Å². The SMILES string of the molecule is CCc1cccc(NC(=O)COc2ncnc3sc(C)c(C)c23)c1. The van der Waals surface area contributed by atoms with E-state index in [1.165, 1.54) is 16.8 Å². The molecular formula is C18H19N3O2S. The zero-order chi connectivity index (χ0) is 17.1. The quantitative estimate of drug-likeness (QED) is 0.765. The van der Waals surface area contributed by atoms with Gasteiger partial charge in [-0.05, 0) is 43.5 Å². The van der Waals surface area contributed by atoms with Gasteiger partial charge in [0, 0.05) is 10.6 Å². The molecule has 0 saturated carbocycles. The van der Waals surface area contributed by atoms with Crippen molar-refractivity contribution < 1.29 is 9.53 Å². The van der Waals surface area contributed by atoms with E-state index in [0.717, 1.165) is 27.9 Å². The molecular weight excluding hydrogens is 322 g/mol. The second-order valence-corrected chi connectivity index (χ2v) is 6.74. The first kappa shape index (κ1) is 16.4. The van der Waals surface area contributed by atoms with Crippen molar-refractivity contribution in [3.8, 4) is 5.88 Å². The van der Waals surface area contributed by atoms with Gasteiger partial charge in [-0.15, -0.1) is 11.3 Å². The van der Waals surface area contributed by atoms with Gasteiger partial charge in [0.05, 0.1) is 5.39 Å². The summed E-state index contributed by atoms with van der Waals surface area (Å²) in [5, 5.41) is 3.74. The van der Waals surface area contributed by atoms with Gasteiger partial charge in [0.1, 0.15) is 11.2 Å². The third-order valence-corrected chi connectivity index (χ3v) is 5.00. The Labute approximate surface area is 144 Å². The predicted octanol–water partition coefficient (Wildman–Crippen LogP) is 3.89. The van der Waals surface area contributed by atoms with Gasteiger partial charge < -0.3 is 10.1 Å². The number of nitrogens with zero attached hydrogens (tertiary/aromatic N) is 2. The van der Waals surface area contributed by atoms with Crippen LogP contribution in [0.15, 0.2) is 30.6 Å². The van der Waals surface area contributed by atoms with Gasteiger partial charge in [-0.25, -0.2) is 9.97 Å². The second kappa shape index (κ2) is 6.97. The summed E-state index contributed by atoms with van der Waals surface area (Å²) in [6.45, 7) is 6.05. The highest BCUT2D eigenvalue weighted by Gasteiger charge is 2.14. The fourth-order valence-corrected chi connectivity index (χ4v) is 3.45. The number of fused-ring (bicyclic) bond motifs is 1. The van der Waals surface area contributed by atoms with E-state index in [-0.39, 0.29) is 12.5 Å². The zero-order valence-corrected chi connectivity index (χ0v) is 14.7. The topological polar surface area (TPSA) is 64.1 Å². The molecule has 0 aliphatic heterocycles. The number of rotatable bonds is 5. The standard InChI is InChI=1S/C18H19N3O2S/c1-4-13-6-5-7-14(8-13)21-15(22)9-23-17-16-11(2)12(3)24-18(16)20-10-19-17/h5-8,10H,4,9H2,1-3H3,(H,21,22). The number of nitrogens with one attached hydrogen (secondary N) is 1. The van der Waals surface area contributed by atoms with Gasteiger partial charge in [-0.3, -0.25) is 4.79 Å². The number of thiophene rings is 1. The van der Waals surface area contributed by atoms with Crippen LogP contribution in [0.5, 0.6) is 5.88 Å². The maximum atomic E-state index is 12.1. The second-order valence-electron chi connectivity index (χ2n) is 5.53. The minimum atomic E-state index is -0.209. The van der Waals surface area contributed by atoms with Crippen molar-refractivity contribution in [2.75, 3.05) is 11.9 Å². The molecule has 2 heterocycles. The molecule has 0 atom stereocenters. The number of aryl methyl sites for hydroxylation is 3. The molecule has 3 aromatic rings. The van der Waals surface area contributed by atoms with Gasteiger partial charge >= 0.3 is 0 Å². The Kier molecular flexibility index (Phi) is 4.76. The lowest BCUT2D eigenvalue weighted by Gasteiger charge is -2.09. The van der Waals surface area contributed by atoms with Gasteiger partial charge in [0.2, 0.25) is 5.88 Å². The number of carbonyl (C=O) groups excluding carboxylic acids is 1. The fraction of sp³-hybridized carbons (Fsp3) is 0.278. The Morgan fingerprint density at radius 2 is 2.12 bits per heavy atom. The predicted molar refractivity (Wildman–Crippen MR) is 96.8 cm³/mol. The number of anilines is 1. The van der Waals surface area contributed by atoms with Crippen LogP contribution in [0.4, 0.5) is 5.69 Å². The van der Waals surface area contributed by atoms with E-state index in [1.54, 1.807) is 11.3 Å². The highest BCUT2D eigenvalue weighted by atomic mass is 32.1. The van der Waals surface area contributed by atoms with Gasteiger partial charge in [0.25, 0.3) is 5.91 Å². The van der Waals surface area contributed by atoms with Gasteiger partial charge in [0.15, 0.2) is 6.61 Å². The number of hydrogen-bond donors (Lipinski definition) is 1. The van der Waals surface area contributed by atoms with Crippen LogP contribution in [-0.2, 0) is 11.2 Å². The van der Waals surface area contributed by atoms with Crippen molar-refractivity contribution in [3.05, 3.63) is 46.6 Å². The van der Waals surface area contributed by atoms with Crippen LogP contribution in [0.25, 0.3) is 10.2 Å². The number of amides is 1. The van der Waals surface area contributed by atoms with Crippen molar-refractivity contribution in [1.82, 2.24) is 9.97 Å². The summed E-state index contributed by atoms with van der Waals surface area (Å²) >= 11 is 1.60. The molecule has 6 heteroatoms. The van der Waals surface area contributed by atoms with E-state index < -0.39 is 0 Å². The maximum Gasteiger partial charge on any atom is 0.262 e. The molecule has 3 rings (SSSR count). The van der Waals surface area contributed by atoms with Crippen molar-refractivity contribution in [2.24, 2.45) is 0 Å². The number of benzene rings is 1. The van der Waals surface area contributed by atoms with Crippen molar-refractivity contribution in [1.29, 1.82) is 0 Å². The van der Waals surface area contributed by atoms with Crippen LogP contribution < -0.4 is 10.1 Å². The van der Waals surface area contributed by atoms with E-state index in [2.05, 4.69) is 22.2 Å². The lowest BCUT2D eigenvalue weighted by atomic mass is 10.1. The summed E-state index contributed by atoms with van der Waals surface area (Å²) in [5.74, 6) is 0.249. The molecule has 2 aromatic heterocycles. The minimum absolute atomic E-state index is 0.0865. The fourth-order valence-electron chi connectivity index (χ4n) is 2.46. The summed E-state index contributed by atoms with van der Waals surface area (Å²) in [6, 6.07) is 7.80. The van der Waals surface area contributed by atoms with E-state index in [1.807, 2.05) is 38.1 Å². The average molecular weight is 341 g/mol. The lowest BCUT2D eigenvalue weighted by Crippen LogP contribution is -2.20. The summed E-state index contributed by atoms with van der Waals surface area (Å²) in [7, 11) is 0. The summed E-state index contributed by atoms with van der Waals surface area (Å²) in [4.78, 5) is 22.6. The molecule has 124 valence electrons. The van der Waals surface area contributed by atoms with Crippen LogP contribution in [0, 0.1) is 13.8 Å². The summed E-state index contributed by atoms with van der Waals surface area (Å²) in [6.07, 6.45) is 2.39. The molecule has 24 heavy (non-hydrogen) atoms. The highest BCUT2D eigenvalue weighted by Crippen LogP contribution is 2.33. The highest BCUT2D eigenvalue weighted by molar-refractivity contribution is 7.18. The Morgan fingerprint density at radius 3 is 2.92 bits per heavy atom. The van der Waals surface area contributed by atoms with Crippen LogP contribution >= 0.6 is 11.3 Å². The maximum absolute atomic E-state index is 12.1. The summed E-state index contributed by atoms with van der Waals surface area (Å²) < 4.78 is 5.65. The Hall–Kier alpha value is -2.47. The first-order chi connectivity index (χ1) is 11.6. The van der Waals surface area contributed by atoms with Crippen molar-refractivity contribution in [3.63, 3.8) is 0 Å². The number of aromatic nitrogens is 2. The van der Waals surface area contributed by atoms with Crippen molar-refractivity contribution >= 4 is 33.1 Å². The molecule has 1 N–H and O–H groups in total. The molecule has 0 aliphatic rings. The minimum Gasteiger partial charge on any atom is -0.467 e. The number of ether oxygens (including phenoxy) is 1. The molecule has 0 bridgehead atoms. The Morgan fingerprint density at radius 1 is 1.29 bits per heavy atom. The largest absolute Gasteiger partial charge is 0.467 e. The molecule has 1 aromatic carbocycles. The first-order valence-corrected chi connectivity index (χ1v) is 8.62. The molecule has 0 aliphatic carbocycles. The molecule has 0 unspecified atom stereocenters. The number of carbonyl (C=O) groups is 1. The first-order valence-electron chi connectivity index (χ1n) is 7.80. The Balaban J connectivity index is 1.70. The monoisotopic (exact) mass is 341 g/mol. The van der Waals surface area contributed by atoms with Gasteiger partial charge in [-0.2, -0.15) is 0 Å². The molecule has 0 saturated heterocycles. The van der Waals surface area contributed by atoms with E-state index >= 15 is 0 Å². The molecule has 1 amide bonds. The van der Waals surface area contributed by atoms with Crippen LogP contribution in [0.3, 0.4) is 0 Å². The van der Waals surface area contributed by atoms with Crippen molar-refractivity contribution in [2.45, 2.75) is 27.2 Å². The summed E-state index contributed by atoms with van der Waals surface area (Å²) in [5.41, 5.74) is 3.05. The van der Waals surface area contributed by atoms with Crippen LogP contribution in [0.1, 0.15) is 22.9 Å². The normalized spacial score (nSPS) is 10.8. The van der Waals surface area contributed by atoms with E-state index in [9.17, 15) is 4.79 Å². The van der Waals surface area contributed by atoms with E-state index in [4.69, 9.17) is 4.74 Å². The molecule has 0 radical (unpaired) electrons. The average Bonchev–Trinajstić information content (AvgIpc) is 2.88. The molecule has 0 fully saturated rings. The van der Waals surface area contributed by atoms with Crippen LogP contribution in [0.2, 0.25) is 0 Å². The molecule has 5 nitrogen and oxygen atoms in total. The zero-order valence-electron chi connectivity index (χ0n) is 13.9. The third kappa shape index (κ3) is 3.38. The smallest absolute Gasteiger partial charge is 0.262 e. The number of hydrogen-bond acceptors (Lipinski definition) is 5. The van der Waals surface area contributed by atoms with Crippen LogP contribution in [-0.4, -0.2) is 22.5 Å². The lowest BCUT2D eigenvalue weighted by molar-refractivity contribution is -0.118. The molecule has 0 spiro atoms. The Bertz CT molecular complexity index is 889. The van der Waals surface area contributed by atoms with Gasteiger partial charge in [-0.1, -0.05) is 19.1 Å². The third-order valence-electron chi connectivity index (χ3n) is 3.89.